The highest BCUT2D eigenvalue weighted by molar-refractivity contribution is 4.78. The van der Waals surface area contributed by atoms with Gasteiger partial charge in [-0.25, -0.2) is 0 Å². The van der Waals surface area contributed by atoms with Crippen LogP contribution >= 0.6 is 0 Å². The summed E-state index contributed by atoms with van der Waals surface area (Å²) in [5.41, 5.74) is 0. The van der Waals surface area contributed by atoms with Crippen molar-refractivity contribution in [1.82, 2.24) is 0 Å². The van der Waals surface area contributed by atoms with E-state index in [1.165, 1.54) is 77.0 Å². The Morgan fingerprint density at radius 1 is 0.652 bits per heavy atom. The fourth-order valence-corrected chi connectivity index (χ4v) is 4.64. The van der Waals surface area contributed by atoms with Gasteiger partial charge >= 0.3 is 0 Å². The van der Waals surface area contributed by atoms with Crippen molar-refractivity contribution in [3.8, 4) is 0 Å². The summed E-state index contributed by atoms with van der Waals surface area (Å²) in [4.78, 5) is 0. The van der Waals surface area contributed by atoms with Crippen molar-refractivity contribution in [2.75, 3.05) is 13.2 Å². The van der Waals surface area contributed by atoms with Gasteiger partial charge in [-0.15, -0.1) is 13.2 Å². The molecule has 0 aliphatic heterocycles. The van der Waals surface area contributed by atoms with Crippen molar-refractivity contribution in [2.24, 2.45) is 23.7 Å². The molecule has 2 rings (SSSR count). The minimum absolute atomic E-state index is 0.718. The highest BCUT2D eigenvalue weighted by Gasteiger charge is 2.24. The Morgan fingerprint density at radius 2 is 1.13 bits per heavy atom. The van der Waals surface area contributed by atoms with Crippen LogP contribution in [0.15, 0.2) is 25.3 Å². The Hall–Kier alpha value is -0.560. The van der Waals surface area contributed by atoms with Crippen LogP contribution in [-0.2, 0) is 4.74 Å². The first-order chi connectivity index (χ1) is 11.3. The number of allylic oxidation sites excluding steroid dienone is 1. The highest BCUT2D eigenvalue weighted by atomic mass is 16.5. The second-order valence-electron chi connectivity index (χ2n) is 8.04. The summed E-state index contributed by atoms with van der Waals surface area (Å²) in [5, 5.41) is 0. The molecule has 0 atom stereocenters. The minimum atomic E-state index is 0.718. The molecule has 23 heavy (non-hydrogen) atoms. The lowest BCUT2D eigenvalue weighted by atomic mass is 9.75. The molecule has 1 nitrogen and oxygen atoms in total. The lowest BCUT2D eigenvalue weighted by Crippen LogP contribution is -2.20. The molecule has 0 heterocycles. The van der Waals surface area contributed by atoms with E-state index < -0.39 is 0 Å². The van der Waals surface area contributed by atoms with Crippen LogP contribution in [0.25, 0.3) is 0 Å². The van der Waals surface area contributed by atoms with Gasteiger partial charge in [-0.1, -0.05) is 63.5 Å². The van der Waals surface area contributed by atoms with Crippen molar-refractivity contribution in [2.45, 2.75) is 77.0 Å². The zero-order valence-electron chi connectivity index (χ0n) is 15.2. The first-order valence-electron chi connectivity index (χ1n) is 10.1. The monoisotopic (exact) mass is 318 g/mol. The third kappa shape index (κ3) is 7.25. The molecule has 0 aromatic rings. The number of hydrogen-bond acceptors (Lipinski definition) is 1. The van der Waals surface area contributed by atoms with Gasteiger partial charge in [-0.3, -0.25) is 0 Å². The normalized spacial score (nSPS) is 31.7. The summed E-state index contributed by atoms with van der Waals surface area (Å²) in [7, 11) is 0. The summed E-state index contributed by atoms with van der Waals surface area (Å²) in [6.07, 6.45) is 21.1. The maximum atomic E-state index is 5.63. The van der Waals surface area contributed by atoms with Crippen LogP contribution in [0.4, 0.5) is 0 Å². The van der Waals surface area contributed by atoms with E-state index in [4.69, 9.17) is 4.74 Å². The Bertz CT molecular complexity index is 319. The third-order valence-electron chi connectivity index (χ3n) is 6.28. The van der Waals surface area contributed by atoms with Crippen LogP contribution in [0, 0.1) is 23.7 Å². The summed E-state index contributed by atoms with van der Waals surface area (Å²) < 4.78 is 5.63. The zero-order valence-corrected chi connectivity index (χ0v) is 15.2. The van der Waals surface area contributed by atoms with Crippen LogP contribution in [0.2, 0.25) is 0 Å². The van der Waals surface area contributed by atoms with E-state index >= 15 is 0 Å². The lowest BCUT2D eigenvalue weighted by Gasteiger charge is -2.32. The van der Waals surface area contributed by atoms with Gasteiger partial charge in [0.05, 0.1) is 6.61 Å². The number of hydrogen-bond donors (Lipinski definition) is 0. The SMILES string of the molecule is C=CCC[C@H]1CC[C@H](CC[C@H]2CC[C@H](COCC=C)CC2)CC1. The van der Waals surface area contributed by atoms with E-state index in [9.17, 15) is 0 Å². The third-order valence-corrected chi connectivity index (χ3v) is 6.28. The lowest BCUT2D eigenvalue weighted by molar-refractivity contribution is 0.0936. The summed E-state index contributed by atoms with van der Waals surface area (Å²) >= 11 is 0. The predicted octanol–water partition coefficient (Wildman–Crippen LogP) is 6.55. The minimum Gasteiger partial charge on any atom is -0.377 e. The van der Waals surface area contributed by atoms with Gasteiger partial charge < -0.3 is 4.74 Å². The quantitative estimate of drug-likeness (QED) is 0.328. The van der Waals surface area contributed by atoms with Crippen LogP contribution in [0.5, 0.6) is 0 Å². The van der Waals surface area contributed by atoms with Crippen molar-refractivity contribution in [1.29, 1.82) is 0 Å². The molecule has 0 bridgehead atoms. The molecular formula is C22H38O. The Morgan fingerprint density at radius 3 is 1.61 bits per heavy atom. The number of rotatable bonds is 10. The van der Waals surface area contributed by atoms with Crippen molar-refractivity contribution in [3.63, 3.8) is 0 Å². The first-order valence-corrected chi connectivity index (χ1v) is 10.1. The van der Waals surface area contributed by atoms with Gasteiger partial charge in [0.15, 0.2) is 0 Å². The topological polar surface area (TPSA) is 9.23 Å². The molecule has 0 unspecified atom stereocenters. The molecule has 2 aliphatic carbocycles. The van der Waals surface area contributed by atoms with E-state index in [0.717, 1.165) is 36.9 Å². The van der Waals surface area contributed by atoms with Gasteiger partial charge in [-0.05, 0) is 49.4 Å². The molecule has 2 fully saturated rings. The summed E-state index contributed by atoms with van der Waals surface area (Å²) in [5.74, 6) is 3.84. The Labute approximate surface area is 144 Å². The fourth-order valence-electron chi connectivity index (χ4n) is 4.64. The maximum Gasteiger partial charge on any atom is 0.0644 e. The Balaban J connectivity index is 1.52. The van der Waals surface area contributed by atoms with E-state index in [1.807, 2.05) is 6.08 Å². The molecule has 2 aliphatic rings. The van der Waals surface area contributed by atoms with E-state index in [1.54, 1.807) is 0 Å². The molecule has 0 radical (unpaired) electrons. The summed E-state index contributed by atoms with van der Waals surface area (Å²) in [6.45, 7) is 9.24. The van der Waals surface area contributed by atoms with Crippen molar-refractivity contribution >= 4 is 0 Å². The second kappa shape index (κ2) is 11.1. The van der Waals surface area contributed by atoms with Crippen LogP contribution < -0.4 is 0 Å². The smallest absolute Gasteiger partial charge is 0.0644 e. The number of ether oxygens (including phenoxy) is 1. The molecular weight excluding hydrogens is 280 g/mol. The average Bonchev–Trinajstić information content (AvgIpc) is 2.60. The Kier molecular flexibility index (Phi) is 9.04. The van der Waals surface area contributed by atoms with Crippen LogP contribution in [0.1, 0.15) is 77.0 Å². The average molecular weight is 319 g/mol. The standard InChI is InChI=1S/C22H38O/c1-3-5-6-19-7-9-20(10-8-19)11-12-21-13-15-22(16-14-21)18-23-17-4-2/h3-4,19-22H,1-2,5-18H2/t19-,20-,21-,22-. The summed E-state index contributed by atoms with van der Waals surface area (Å²) in [6, 6.07) is 0. The highest BCUT2D eigenvalue weighted by Crippen LogP contribution is 2.37. The molecule has 0 N–H and O–H groups in total. The van der Waals surface area contributed by atoms with Gasteiger partial charge in [0.1, 0.15) is 0 Å². The van der Waals surface area contributed by atoms with Crippen molar-refractivity contribution < 1.29 is 4.74 Å². The van der Waals surface area contributed by atoms with Gasteiger partial charge in [0.2, 0.25) is 0 Å². The molecule has 2 saturated carbocycles. The molecule has 0 aromatic heterocycles. The molecule has 0 saturated heterocycles. The van der Waals surface area contributed by atoms with Crippen LogP contribution in [-0.4, -0.2) is 13.2 Å². The zero-order chi connectivity index (χ0) is 16.3. The molecule has 132 valence electrons. The molecule has 0 spiro atoms. The van der Waals surface area contributed by atoms with Gasteiger partial charge in [0, 0.05) is 6.61 Å². The fraction of sp³-hybridized carbons (Fsp3) is 0.818. The maximum absolute atomic E-state index is 5.63. The second-order valence-corrected chi connectivity index (χ2v) is 8.04. The van der Waals surface area contributed by atoms with Gasteiger partial charge in [0.25, 0.3) is 0 Å². The molecule has 0 aromatic carbocycles. The van der Waals surface area contributed by atoms with E-state index in [0.29, 0.717) is 0 Å². The van der Waals surface area contributed by atoms with Crippen LogP contribution in [0.3, 0.4) is 0 Å². The van der Waals surface area contributed by atoms with Gasteiger partial charge in [-0.2, -0.15) is 0 Å². The van der Waals surface area contributed by atoms with E-state index in [-0.39, 0.29) is 0 Å². The first kappa shape index (κ1) is 18.8. The van der Waals surface area contributed by atoms with Crippen molar-refractivity contribution in [3.05, 3.63) is 25.3 Å². The van der Waals surface area contributed by atoms with E-state index in [2.05, 4.69) is 19.2 Å². The molecule has 1 heteroatoms. The predicted molar refractivity (Wildman–Crippen MR) is 101 cm³/mol. The largest absolute Gasteiger partial charge is 0.377 e. The molecule has 0 amide bonds.